The summed E-state index contributed by atoms with van der Waals surface area (Å²) in [7, 11) is 0. The number of aliphatic imine (C=N–C) groups is 1. The number of nitro benzene ring substituents is 1. The van der Waals surface area contributed by atoms with E-state index >= 15 is 0 Å². The molecule has 5 nitrogen and oxygen atoms in total. The summed E-state index contributed by atoms with van der Waals surface area (Å²) < 4.78 is 7.03. The van der Waals surface area contributed by atoms with E-state index in [9.17, 15) is 10.1 Å². The maximum absolute atomic E-state index is 11.3. The molecule has 2 aliphatic heterocycles. The minimum atomic E-state index is -0.362. The second kappa shape index (κ2) is 6.26. The second-order valence-electron chi connectivity index (χ2n) is 9.89. The molecule has 2 heterocycles. The van der Waals surface area contributed by atoms with Crippen molar-refractivity contribution in [1.29, 1.82) is 0 Å². The average molecular weight is 425 g/mol. The molecule has 5 aliphatic rings. The van der Waals surface area contributed by atoms with Crippen molar-refractivity contribution in [1.82, 2.24) is 0 Å². The van der Waals surface area contributed by atoms with Crippen molar-refractivity contribution in [2.24, 2.45) is 22.7 Å². The van der Waals surface area contributed by atoms with Crippen molar-refractivity contribution in [2.45, 2.75) is 42.4 Å². The summed E-state index contributed by atoms with van der Waals surface area (Å²) in [6.07, 6.45) is 12.2. The van der Waals surface area contributed by atoms with Gasteiger partial charge in [0.15, 0.2) is 0 Å². The van der Waals surface area contributed by atoms with Gasteiger partial charge in [0.05, 0.1) is 11.0 Å². The number of non-ortho nitro benzene ring substituents is 1. The molecule has 0 N–H and O–H groups in total. The third-order valence-corrected chi connectivity index (χ3v) is 8.64. The lowest BCUT2D eigenvalue weighted by atomic mass is 9.53. The van der Waals surface area contributed by atoms with E-state index in [4.69, 9.17) is 9.73 Å². The van der Waals surface area contributed by atoms with Gasteiger partial charge in [-0.1, -0.05) is 66.8 Å². The fourth-order valence-corrected chi connectivity index (χ4v) is 7.53. The summed E-state index contributed by atoms with van der Waals surface area (Å²) in [5, 5.41) is 11.3. The van der Waals surface area contributed by atoms with Crippen molar-refractivity contribution >= 4 is 11.4 Å². The highest BCUT2D eigenvalue weighted by Gasteiger charge is 2.76. The molecular formula is C27H24N2O3. The van der Waals surface area contributed by atoms with E-state index in [1.807, 2.05) is 18.2 Å². The quantitative estimate of drug-likeness (QED) is 0.385. The number of hydrogen-bond acceptors (Lipinski definition) is 4. The van der Waals surface area contributed by atoms with Crippen LogP contribution in [0.4, 0.5) is 5.69 Å². The molecule has 0 amide bonds. The van der Waals surface area contributed by atoms with Crippen molar-refractivity contribution in [3.05, 3.63) is 100 Å². The molecule has 2 aromatic rings. The zero-order valence-electron chi connectivity index (χ0n) is 17.6. The van der Waals surface area contributed by atoms with E-state index in [1.165, 1.54) is 5.56 Å². The molecule has 2 fully saturated rings. The van der Waals surface area contributed by atoms with Crippen LogP contribution in [0.15, 0.2) is 83.9 Å². The Bertz CT molecular complexity index is 1200. The Hall–Kier alpha value is -3.05. The third kappa shape index (κ3) is 2.15. The Morgan fingerprint density at radius 3 is 2.62 bits per heavy atom. The van der Waals surface area contributed by atoms with Gasteiger partial charge in [-0.25, -0.2) is 0 Å². The lowest BCUT2D eigenvalue weighted by Gasteiger charge is -2.53. The van der Waals surface area contributed by atoms with Gasteiger partial charge in [0.25, 0.3) is 5.69 Å². The van der Waals surface area contributed by atoms with E-state index in [-0.39, 0.29) is 33.8 Å². The van der Waals surface area contributed by atoms with Crippen molar-refractivity contribution in [2.75, 3.05) is 0 Å². The fraction of sp³-hybridized carbons (Fsp3) is 0.370. The summed E-state index contributed by atoms with van der Waals surface area (Å²) >= 11 is 0. The molecule has 0 unspecified atom stereocenters. The van der Waals surface area contributed by atoms with E-state index < -0.39 is 0 Å². The predicted octanol–water partition coefficient (Wildman–Crippen LogP) is 5.23. The minimum Gasteiger partial charge on any atom is -0.364 e. The van der Waals surface area contributed by atoms with Crippen LogP contribution in [0, 0.1) is 27.9 Å². The first-order chi connectivity index (χ1) is 15.6. The molecule has 0 spiro atoms. The molecule has 1 saturated heterocycles. The molecule has 1 saturated carbocycles. The molecule has 7 atom stereocenters. The van der Waals surface area contributed by atoms with Gasteiger partial charge in [0, 0.05) is 42.0 Å². The van der Waals surface area contributed by atoms with Crippen LogP contribution in [0.1, 0.15) is 36.3 Å². The van der Waals surface area contributed by atoms with Crippen molar-refractivity contribution in [3.63, 3.8) is 0 Å². The number of fused-ring (bicyclic) bond motifs is 3. The summed E-state index contributed by atoms with van der Waals surface area (Å²) in [5.74, 6) is 1.17. The number of allylic oxidation sites excluding steroid dienone is 2. The first-order valence-electron chi connectivity index (χ1n) is 11.5. The summed E-state index contributed by atoms with van der Waals surface area (Å²) in [6.45, 7) is 0. The molecule has 160 valence electrons. The van der Waals surface area contributed by atoms with Gasteiger partial charge >= 0.3 is 0 Å². The Balaban J connectivity index is 1.45. The highest BCUT2D eigenvalue weighted by Crippen LogP contribution is 2.70. The Kier molecular flexibility index (Phi) is 3.62. The highest BCUT2D eigenvalue weighted by atomic mass is 16.6. The molecule has 3 aliphatic carbocycles. The Morgan fingerprint density at radius 2 is 1.84 bits per heavy atom. The van der Waals surface area contributed by atoms with Crippen molar-refractivity contribution < 1.29 is 9.66 Å². The normalized spacial score (nSPS) is 40.1. The number of nitro groups is 1. The predicted molar refractivity (Wildman–Crippen MR) is 122 cm³/mol. The van der Waals surface area contributed by atoms with Gasteiger partial charge < -0.3 is 4.74 Å². The zero-order chi connectivity index (χ0) is 21.5. The van der Waals surface area contributed by atoms with Gasteiger partial charge in [-0.2, -0.15) is 0 Å². The first kappa shape index (κ1) is 18.5. The van der Waals surface area contributed by atoms with Crippen LogP contribution in [0.25, 0.3) is 0 Å². The molecule has 32 heavy (non-hydrogen) atoms. The van der Waals surface area contributed by atoms with E-state index in [0.29, 0.717) is 17.8 Å². The molecular weight excluding hydrogens is 400 g/mol. The summed E-state index contributed by atoms with van der Waals surface area (Å²) in [5.41, 5.74) is 2.88. The van der Waals surface area contributed by atoms with Crippen LogP contribution >= 0.6 is 0 Å². The number of hydrogen-bond donors (Lipinski definition) is 0. The number of ether oxygens (including phenoxy) is 1. The standard InChI is InChI=1S/C27H24N2O3/c30-29(31)21-13-10-18(11-14-21)25-19-9-12-20(15-19)26-16-23(17-5-2-1-3-6-17)28-27(25,26)22-7-4-8-24(22)32-26/h1-6,8-14,19-20,22,24-25H,7,15-16H2/t19-,20+,22+,24-,25+,26-,27-/m1/s1. The van der Waals surface area contributed by atoms with E-state index in [1.54, 1.807) is 12.1 Å². The maximum Gasteiger partial charge on any atom is 0.269 e. The molecule has 0 aromatic heterocycles. The fourth-order valence-electron chi connectivity index (χ4n) is 7.53. The van der Waals surface area contributed by atoms with Gasteiger partial charge in [-0.3, -0.25) is 15.1 Å². The van der Waals surface area contributed by atoms with E-state index in [0.717, 1.165) is 30.5 Å². The lowest BCUT2D eigenvalue weighted by Crippen LogP contribution is -2.61. The Labute approximate surface area is 186 Å². The molecule has 0 radical (unpaired) electrons. The van der Waals surface area contributed by atoms with Gasteiger partial charge in [0.1, 0.15) is 11.1 Å². The minimum absolute atomic E-state index is 0.101. The first-order valence-corrected chi connectivity index (χ1v) is 11.5. The summed E-state index contributed by atoms with van der Waals surface area (Å²) in [6, 6.07) is 17.7. The van der Waals surface area contributed by atoms with Crippen LogP contribution in [-0.4, -0.2) is 27.9 Å². The summed E-state index contributed by atoms with van der Waals surface area (Å²) in [4.78, 5) is 16.6. The molecule has 7 rings (SSSR count). The monoisotopic (exact) mass is 424 g/mol. The zero-order valence-corrected chi connectivity index (χ0v) is 17.6. The van der Waals surface area contributed by atoms with Gasteiger partial charge in [-0.15, -0.1) is 0 Å². The van der Waals surface area contributed by atoms with Crippen LogP contribution in [-0.2, 0) is 4.74 Å². The third-order valence-electron chi connectivity index (χ3n) is 8.64. The van der Waals surface area contributed by atoms with Crippen LogP contribution < -0.4 is 0 Å². The lowest BCUT2D eigenvalue weighted by molar-refractivity contribution is -0.384. The number of nitrogens with zero attached hydrogens (tertiary/aromatic N) is 2. The maximum atomic E-state index is 11.3. The van der Waals surface area contributed by atoms with Gasteiger partial charge in [-0.05, 0) is 29.9 Å². The SMILES string of the molecule is O=[N+]([O-])c1ccc([C@H]2[C@@H]3C=C[C@@H](C3)[C@]34CC(c5ccccc5)=N[C@]23[C@H]2CC=C[C@H]2O4)cc1. The molecule has 5 heteroatoms. The highest BCUT2D eigenvalue weighted by molar-refractivity contribution is 6.03. The molecule has 2 bridgehead atoms. The topological polar surface area (TPSA) is 64.7 Å². The van der Waals surface area contributed by atoms with Gasteiger partial charge in [0.2, 0.25) is 0 Å². The van der Waals surface area contributed by atoms with E-state index in [2.05, 4.69) is 48.6 Å². The number of rotatable bonds is 3. The van der Waals surface area contributed by atoms with Crippen LogP contribution in [0.5, 0.6) is 0 Å². The molecule has 2 aromatic carbocycles. The average Bonchev–Trinajstić information content (AvgIpc) is 3.56. The largest absolute Gasteiger partial charge is 0.364 e. The Morgan fingerprint density at radius 1 is 1.03 bits per heavy atom. The van der Waals surface area contributed by atoms with Crippen molar-refractivity contribution in [3.8, 4) is 0 Å². The smallest absolute Gasteiger partial charge is 0.269 e. The number of benzene rings is 2. The van der Waals surface area contributed by atoms with Crippen LogP contribution in [0.3, 0.4) is 0 Å². The van der Waals surface area contributed by atoms with Crippen LogP contribution in [0.2, 0.25) is 0 Å². The second-order valence-corrected chi connectivity index (χ2v) is 9.89.